The first-order valence-electron chi connectivity index (χ1n) is 4.67. The zero-order chi connectivity index (χ0) is 9.52. The Morgan fingerprint density at radius 1 is 1.69 bits per heavy atom. The quantitative estimate of drug-likeness (QED) is 0.618. The zero-order valence-electron chi connectivity index (χ0n) is 7.92. The minimum absolute atomic E-state index is 0.181. The van der Waals surface area contributed by atoms with Gasteiger partial charge in [-0.15, -0.1) is 0 Å². The summed E-state index contributed by atoms with van der Waals surface area (Å²) in [5.41, 5.74) is 5.40. The van der Waals surface area contributed by atoms with Crippen molar-refractivity contribution in [2.24, 2.45) is 5.10 Å². The largest absolute Gasteiger partial charge is 0.352 e. The summed E-state index contributed by atoms with van der Waals surface area (Å²) < 4.78 is 0. The number of hydrazone groups is 1. The van der Waals surface area contributed by atoms with Crippen LogP contribution in [0.3, 0.4) is 0 Å². The standard InChI is InChI=1S/C8H16N4O/c1-2-3-4-5-10-12-7-6-9-11-8(12)13/h6,10H,2-5,7H2,1H3,(H,11,13). The molecule has 1 aliphatic rings. The van der Waals surface area contributed by atoms with Crippen LogP contribution in [0.4, 0.5) is 4.79 Å². The molecule has 0 saturated carbocycles. The number of nitrogens with zero attached hydrogens (tertiary/aromatic N) is 2. The van der Waals surface area contributed by atoms with Gasteiger partial charge in [0.25, 0.3) is 0 Å². The highest BCUT2D eigenvalue weighted by molar-refractivity contribution is 5.80. The first-order chi connectivity index (χ1) is 6.34. The number of nitrogens with one attached hydrogen (secondary N) is 2. The molecule has 0 aromatic rings. The van der Waals surface area contributed by atoms with E-state index >= 15 is 0 Å². The maximum absolute atomic E-state index is 11.1. The van der Waals surface area contributed by atoms with Crippen LogP contribution in [0, 0.1) is 0 Å². The van der Waals surface area contributed by atoms with Crippen LogP contribution in [0.1, 0.15) is 26.2 Å². The lowest BCUT2D eigenvalue weighted by atomic mass is 10.2. The fraction of sp³-hybridized carbons (Fsp3) is 0.750. The van der Waals surface area contributed by atoms with E-state index in [0.29, 0.717) is 6.54 Å². The Balaban J connectivity index is 2.13. The number of amides is 2. The van der Waals surface area contributed by atoms with Gasteiger partial charge in [-0.1, -0.05) is 19.8 Å². The predicted octanol–water partition coefficient (Wildman–Crippen LogP) is 0.692. The molecule has 0 fully saturated rings. The van der Waals surface area contributed by atoms with Gasteiger partial charge in [-0.3, -0.25) is 5.01 Å². The van der Waals surface area contributed by atoms with Crippen molar-refractivity contribution >= 4 is 12.2 Å². The molecule has 0 spiro atoms. The fourth-order valence-electron chi connectivity index (χ4n) is 1.09. The van der Waals surface area contributed by atoms with Crippen LogP contribution < -0.4 is 10.9 Å². The van der Waals surface area contributed by atoms with Crippen LogP contribution in [-0.2, 0) is 0 Å². The van der Waals surface area contributed by atoms with E-state index in [4.69, 9.17) is 0 Å². The SMILES string of the molecule is CCCCCNN1CC=NNC1=O. The van der Waals surface area contributed by atoms with E-state index in [9.17, 15) is 4.79 Å². The Hall–Kier alpha value is -1.10. The van der Waals surface area contributed by atoms with Gasteiger partial charge >= 0.3 is 6.03 Å². The Kier molecular flexibility index (Phi) is 4.25. The van der Waals surface area contributed by atoms with Gasteiger partial charge in [-0.05, 0) is 6.42 Å². The van der Waals surface area contributed by atoms with Gasteiger partial charge in [0.2, 0.25) is 0 Å². The van der Waals surface area contributed by atoms with Gasteiger partial charge in [-0.25, -0.2) is 15.6 Å². The van der Waals surface area contributed by atoms with Gasteiger partial charge in [-0.2, -0.15) is 5.10 Å². The van der Waals surface area contributed by atoms with E-state index in [1.165, 1.54) is 17.9 Å². The first-order valence-corrected chi connectivity index (χ1v) is 4.67. The summed E-state index contributed by atoms with van der Waals surface area (Å²) in [4.78, 5) is 11.1. The number of hydrazine groups is 1. The number of rotatable bonds is 5. The van der Waals surface area contributed by atoms with Gasteiger partial charge in [0.1, 0.15) is 0 Å². The fourth-order valence-corrected chi connectivity index (χ4v) is 1.09. The van der Waals surface area contributed by atoms with Crippen LogP contribution in [0.2, 0.25) is 0 Å². The highest BCUT2D eigenvalue weighted by Gasteiger charge is 2.13. The van der Waals surface area contributed by atoms with Crippen molar-refractivity contribution in [1.82, 2.24) is 15.9 Å². The van der Waals surface area contributed by atoms with Crippen molar-refractivity contribution in [3.63, 3.8) is 0 Å². The van der Waals surface area contributed by atoms with Crippen LogP contribution in [0.5, 0.6) is 0 Å². The third-order valence-electron chi connectivity index (χ3n) is 1.84. The van der Waals surface area contributed by atoms with E-state index in [1.54, 1.807) is 6.21 Å². The maximum atomic E-state index is 11.1. The number of hydrogen-bond acceptors (Lipinski definition) is 3. The number of unbranched alkanes of at least 4 members (excludes halogenated alkanes) is 2. The predicted molar refractivity (Wildman–Crippen MR) is 51.3 cm³/mol. The van der Waals surface area contributed by atoms with Crippen LogP contribution in [-0.4, -0.2) is 30.3 Å². The third kappa shape index (κ3) is 3.42. The Morgan fingerprint density at radius 3 is 3.23 bits per heavy atom. The van der Waals surface area contributed by atoms with Crippen LogP contribution >= 0.6 is 0 Å². The molecule has 74 valence electrons. The molecule has 1 heterocycles. The first kappa shape index (κ1) is 9.98. The van der Waals surface area contributed by atoms with E-state index in [0.717, 1.165) is 13.0 Å². The van der Waals surface area contributed by atoms with Crippen molar-refractivity contribution in [2.75, 3.05) is 13.1 Å². The summed E-state index contributed by atoms with van der Waals surface area (Å²) in [5, 5.41) is 5.18. The minimum Gasteiger partial charge on any atom is -0.253 e. The minimum atomic E-state index is -0.181. The molecule has 2 amide bonds. The second kappa shape index (κ2) is 5.53. The zero-order valence-corrected chi connectivity index (χ0v) is 7.92. The number of carbonyl (C=O) groups excluding carboxylic acids is 1. The van der Waals surface area contributed by atoms with Crippen LogP contribution in [0.25, 0.3) is 0 Å². The molecule has 0 aliphatic carbocycles. The molecule has 0 aromatic heterocycles. The Bertz CT molecular complexity index is 193. The molecule has 5 nitrogen and oxygen atoms in total. The van der Waals surface area contributed by atoms with Crippen molar-refractivity contribution in [2.45, 2.75) is 26.2 Å². The summed E-state index contributed by atoms with van der Waals surface area (Å²) in [6.07, 6.45) is 5.14. The van der Waals surface area contributed by atoms with Crippen molar-refractivity contribution in [3.8, 4) is 0 Å². The summed E-state index contributed by atoms with van der Waals surface area (Å²) >= 11 is 0. The molecule has 0 unspecified atom stereocenters. The van der Waals surface area contributed by atoms with Gasteiger partial charge in [0.15, 0.2) is 0 Å². The lowest BCUT2D eigenvalue weighted by Crippen LogP contribution is -2.50. The molecule has 0 radical (unpaired) electrons. The van der Waals surface area contributed by atoms with Crippen molar-refractivity contribution in [1.29, 1.82) is 0 Å². The number of hydrogen-bond donors (Lipinski definition) is 2. The summed E-state index contributed by atoms with van der Waals surface area (Å²) in [6, 6.07) is -0.181. The smallest absolute Gasteiger partial charge is 0.253 e. The highest BCUT2D eigenvalue weighted by Crippen LogP contribution is 1.93. The summed E-state index contributed by atoms with van der Waals surface area (Å²) in [5.74, 6) is 0. The lowest BCUT2D eigenvalue weighted by molar-refractivity contribution is 0.178. The van der Waals surface area contributed by atoms with Gasteiger partial charge in [0.05, 0.1) is 6.54 Å². The average Bonchev–Trinajstić information content (AvgIpc) is 2.15. The molecule has 1 rings (SSSR count). The molecule has 1 aliphatic heterocycles. The number of urea groups is 1. The molecular formula is C8H16N4O. The monoisotopic (exact) mass is 184 g/mol. The molecule has 13 heavy (non-hydrogen) atoms. The topological polar surface area (TPSA) is 56.7 Å². The highest BCUT2D eigenvalue weighted by atomic mass is 16.2. The Labute approximate surface area is 78.1 Å². The number of carbonyl (C=O) groups is 1. The van der Waals surface area contributed by atoms with E-state index in [2.05, 4.69) is 22.9 Å². The molecule has 0 saturated heterocycles. The summed E-state index contributed by atoms with van der Waals surface area (Å²) in [7, 11) is 0. The van der Waals surface area contributed by atoms with Crippen LogP contribution in [0.15, 0.2) is 5.10 Å². The molecule has 2 N–H and O–H groups in total. The van der Waals surface area contributed by atoms with Gasteiger partial charge < -0.3 is 0 Å². The Morgan fingerprint density at radius 2 is 2.54 bits per heavy atom. The van der Waals surface area contributed by atoms with E-state index in [-0.39, 0.29) is 6.03 Å². The average molecular weight is 184 g/mol. The lowest BCUT2D eigenvalue weighted by Gasteiger charge is -2.23. The molecule has 0 atom stereocenters. The second-order valence-corrected chi connectivity index (χ2v) is 2.95. The van der Waals surface area contributed by atoms with Crippen molar-refractivity contribution in [3.05, 3.63) is 0 Å². The maximum Gasteiger partial charge on any atom is 0.352 e. The van der Waals surface area contributed by atoms with E-state index in [1.807, 2.05) is 0 Å². The molecule has 5 heteroatoms. The normalized spacial score (nSPS) is 16.1. The van der Waals surface area contributed by atoms with Crippen molar-refractivity contribution < 1.29 is 4.79 Å². The molecular weight excluding hydrogens is 168 g/mol. The second-order valence-electron chi connectivity index (χ2n) is 2.95. The van der Waals surface area contributed by atoms with E-state index < -0.39 is 0 Å². The molecule has 0 bridgehead atoms. The molecule has 0 aromatic carbocycles. The van der Waals surface area contributed by atoms with Gasteiger partial charge in [0, 0.05) is 12.8 Å². The summed E-state index contributed by atoms with van der Waals surface area (Å²) in [6.45, 7) is 3.54. The third-order valence-corrected chi connectivity index (χ3v) is 1.84.